The Balaban J connectivity index is 1.81. The van der Waals surface area contributed by atoms with Crippen LogP contribution in [0.5, 0.6) is 5.75 Å². The minimum absolute atomic E-state index is 0.0523. The zero-order chi connectivity index (χ0) is 14.5. The Kier molecular flexibility index (Phi) is 5.37. The van der Waals surface area contributed by atoms with Gasteiger partial charge in [0.25, 0.3) is 0 Å². The van der Waals surface area contributed by atoms with Crippen molar-refractivity contribution in [1.29, 1.82) is 0 Å². The van der Waals surface area contributed by atoms with E-state index in [1.54, 1.807) is 12.1 Å². The molecule has 2 rings (SSSR count). The summed E-state index contributed by atoms with van der Waals surface area (Å²) in [6.07, 6.45) is 0.264. The summed E-state index contributed by atoms with van der Waals surface area (Å²) in [7, 11) is 0. The Labute approximate surface area is 126 Å². The molecular weight excluding hydrogens is 327 g/mol. The summed E-state index contributed by atoms with van der Waals surface area (Å²) >= 11 is 3.18. The lowest BCUT2D eigenvalue weighted by atomic mass is 10.2. The van der Waals surface area contributed by atoms with E-state index in [1.165, 1.54) is 6.07 Å². The normalized spacial score (nSPS) is 18.9. The molecule has 4 nitrogen and oxygen atoms in total. The van der Waals surface area contributed by atoms with Gasteiger partial charge in [0.2, 0.25) is 5.91 Å². The van der Waals surface area contributed by atoms with Gasteiger partial charge in [0.05, 0.1) is 13.0 Å². The van der Waals surface area contributed by atoms with E-state index >= 15 is 0 Å². The third-order valence-electron chi connectivity index (χ3n) is 3.29. The maximum atomic E-state index is 13.5. The lowest BCUT2D eigenvalue weighted by molar-refractivity contribution is -0.134. The molecule has 1 amide bonds. The van der Waals surface area contributed by atoms with E-state index in [1.807, 2.05) is 11.8 Å². The molecule has 0 saturated carbocycles. The molecule has 0 unspecified atom stereocenters. The maximum Gasteiger partial charge on any atom is 0.226 e. The van der Waals surface area contributed by atoms with Crippen molar-refractivity contribution in [1.82, 2.24) is 10.2 Å². The first-order chi connectivity index (χ1) is 9.58. The molecule has 110 valence electrons. The second-order valence-electron chi connectivity index (χ2n) is 4.81. The van der Waals surface area contributed by atoms with Crippen molar-refractivity contribution in [2.75, 3.05) is 26.2 Å². The number of benzene rings is 1. The highest BCUT2D eigenvalue weighted by Crippen LogP contribution is 2.21. The van der Waals surface area contributed by atoms with Crippen molar-refractivity contribution >= 4 is 21.8 Å². The van der Waals surface area contributed by atoms with E-state index in [-0.39, 0.29) is 30.7 Å². The SMILES string of the molecule is C[C@H]1CNCCN1C(=O)CCOc1ccc(Br)cc1F. The molecule has 1 aromatic rings. The van der Waals surface area contributed by atoms with Crippen LogP contribution in [0.15, 0.2) is 22.7 Å². The average Bonchev–Trinajstić information content (AvgIpc) is 2.41. The topological polar surface area (TPSA) is 41.6 Å². The van der Waals surface area contributed by atoms with Gasteiger partial charge in [0.1, 0.15) is 0 Å². The predicted molar refractivity (Wildman–Crippen MR) is 78.3 cm³/mol. The van der Waals surface area contributed by atoms with Gasteiger partial charge in [-0.05, 0) is 25.1 Å². The lowest BCUT2D eigenvalue weighted by Gasteiger charge is -2.34. The molecule has 1 aliphatic heterocycles. The third kappa shape index (κ3) is 3.93. The summed E-state index contributed by atoms with van der Waals surface area (Å²) in [6.45, 7) is 4.55. The number of hydrogen-bond acceptors (Lipinski definition) is 3. The molecule has 0 aromatic heterocycles. The molecule has 0 spiro atoms. The second-order valence-corrected chi connectivity index (χ2v) is 5.73. The smallest absolute Gasteiger partial charge is 0.226 e. The zero-order valence-electron chi connectivity index (χ0n) is 11.4. The number of carbonyl (C=O) groups excluding carboxylic acids is 1. The van der Waals surface area contributed by atoms with Crippen LogP contribution >= 0.6 is 15.9 Å². The minimum Gasteiger partial charge on any atom is -0.490 e. The average molecular weight is 345 g/mol. The largest absolute Gasteiger partial charge is 0.490 e. The summed E-state index contributed by atoms with van der Waals surface area (Å²) < 4.78 is 19.5. The Morgan fingerprint density at radius 2 is 2.40 bits per heavy atom. The number of piperazine rings is 1. The molecule has 0 bridgehead atoms. The fourth-order valence-corrected chi connectivity index (χ4v) is 2.53. The van der Waals surface area contributed by atoms with E-state index in [2.05, 4.69) is 21.2 Å². The van der Waals surface area contributed by atoms with Crippen molar-refractivity contribution in [3.63, 3.8) is 0 Å². The zero-order valence-corrected chi connectivity index (χ0v) is 13.0. The lowest BCUT2D eigenvalue weighted by Crippen LogP contribution is -2.52. The summed E-state index contributed by atoms with van der Waals surface area (Å²) in [5.74, 6) is -0.201. The van der Waals surface area contributed by atoms with Crippen LogP contribution in [0.3, 0.4) is 0 Å². The van der Waals surface area contributed by atoms with Crippen LogP contribution in [0.25, 0.3) is 0 Å². The van der Waals surface area contributed by atoms with E-state index in [0.29, 0.717) is 11.0 Å². The summed E-state index contributed by atoms with van der Waals surface area (Å²) in [5, 5.41) is 3.23. The molecule has 1 saturated heterocycles. The fourth-order valence-electron chi connectivity index (χ4n) is 2.20. The van der Waals surface area contributed by atoms with Crippen molar-refractivity contribution in [2.45, 2.75) is 19.4 Å². The quantitative estimate of drug-likeness (QED) is 0.910. The number of amides is 1. The molecule has 1 aromatic carbocycles. The Bertz CT molecular complexity index is 484. The number of ether oxygens (including phenoxy) is 1. The van der Waals surface area contributed by atoms with Gasteiger partial charge in [0.15, 0.2) is 11.6 Å². The van der Waals surface area contributed by atoms with Gasteiger partial charge in [-0.1, -0.05) is 15.9 Å². The molecule has 0 radical (unpaired) electrons. The van der Waals surface area contributed by atoms with Crippen LogP contribution in [0, 0.1) is 5.82 Å². The van der Waals surface area contributed by atoms with Crippen LogP contribution in [-0.4, -0.2) is 43.1 Å². The van der Waals surface area contributed by atoms with E-state index in [4.69, 9.17) is 4.74 Å². The van der Waals surface area contributed by atoms with Crippen LogP contribution in [-0.2, 0) is 4.79 Å². The van der Waals surface area contributed by atoms with Crippen molar-refractivity contribution in [2.24, 2.45) is 0 Å². The van der Waals surface area contributed by atoms with Crippen LogP contribution < -0.4 is 10.1 Å². The van der Waals surface area contributed by atoms with E-state index in [0.717, 1.165) is 13.1 Å². The maximum absolute atomic E-state index is 13.5. The van der Waals surface area contributed by atoms with Gasteiger partial charge in [-0.2, -0.15) is 0 Å². The van der Waals surface area contributed by atoms with Crippen LogP contribution in [0.1, 0.15) is 13.3 Å². The molecule has 20 heavy (non-hydrogen) atoms. The van der Waals surface area contributed by atoms with Gasteiger partial charge < -0.3 is 15.0 Å². The molecule has 0 aliphatic carbocycles. The van der Waals surface area contributed by atoms with Crippen molar-refractivity contribution < 1.29 is 13.9 Å². The van der Waals surface area contributed by atoms with Crippen LogP contribution in [0.2, 0.25) is 0 Å². The number of nitrogens with one attached hydrogen (secondary N) is 1. The number of halogens is 2. The molecule has 1 heterocycles. The number of carbonyl (C=O) groups is 1. The molecular formula is C14H18BrFN2O2. The standard InChI is InChI=1S/C14H18BrFN2O2/c1-10-9-17-5-6-18(10)14(19)4-7-20-13-3-2-11(15)8-12(13)16/h2-3,8,10,17H,4-7,9H2,1H3/t10-/m0/s1. The highest BCUT2D eigenvalue weighted by molar-refractivity contribution is 9.10. The van der Waals surface area contributed by atoms with Gasteiger partial charge >= 0.3 is 0 Å². The Hall–Kier alpha value is -1.14. The molecule has 1 atom stereocenters. The Morgan fingerprint density at radius 3 is 3.10 bits per heavy atom. The van der Waals surface area contributed by atoms with Gasteiger partial charge in [-0.15, -0.1) is 0 Å². The Morgan fingerprint density at radius 1 is 1.60 bits per heavy atom. The first kappa shape index (κ1) is 15.3. The monoisotopic (exact) mass is 344 g/mol. The summed E-state index contributed by atoms with van der Waals surface area (Å²) in [5.41, 5.74) is 0. The highest BCUT2D eigenvalue weighted by Gasteiger charge is 2.22. The molecule has 1 fully saturated rings. The first-order valence-electron chi connectivity index (χ1n) is 6.66. The highest BCUT2D eigenvalue weighted by atomic mass is 79.9. The first-order valence-corrected chi connectivity index (χ1v) is 7.45. The molecule has 1 N–H and O–H groups in total. The van der Waals surface area contributed by atoms with Crippen LogP contribution in [0.4, 0.5) is 4.39 Å². The third-order valence-corrected chi connectivity index (χ3v) is 3.78. The van der Waals surface area contributed by atoms with Crippen molar-refractivity contribution in [3.05, 3.63) is 28.5 Å². The number of hydrogen-bond donors (Lipinski definition) is 1. The second kappa shape index (κ2) is 7.04. The number of nitrogens with zero attached hydrogens (tertiary/aromatic N) is 1. The summed E-state index contributed by atoms with van der Waals surface area (Å²) in [4.78, 5) is 13.9. The van der Waals surface area contributed by atoms with Gasteiger partial charge in [-0.25, -0.2) is 4.39 Å². The predicted octanol–water partition coefficient (Wildman–Crippen LogP) is 2.18. The number of rotatable bonds is 4. The summed E-state index contributed by atoms with van der Waals surface area (Å²) in [6, 6.07) is 4.80. The van der Waals surface area contributed by atoms with E-state index < -0.39 is 5.82 Å². The van der Waals surface area contributed by atoms with Crippen molar-refractivity contribution in [3.8, 4) is 5.75 Å². The molecule has 6 heteroatoms. The fraction of sp³-hybridized carbons (Fsp3) is 0.500. The minimum atomic E-state index is -0.428. The van der Waals surface area contributed by atoms with E-state index in [9.17, 15) is 9.18 Å². The molecule has 1 aliphatic rings. The van der Waals surface area contributed by atoms with Gasteiger partial charge in [-0.3, -0.25) is 4.79 Å². The van der Waals surface area contributed by atoms with Gasteiger partial charge in [0, 0.05) is 30.1 Å².